The molecule has 2 fully saturated rings. The van der Waals surface area contributed by atoms with Gasteiger partial charge in [0.25, 0.3) is 0 Å². The van der Waals surface area contributed by atoms with Crippen LogP contribution in [0.25, 0.3) is 11.3 Å². The molecule has 190 valence electrons. The lowest BCUT2D eigenvalue weighted by Crippen LogP contribution is -2.36. The number of unbranched alkanes of at least 4 members (excludes halogenated alkanes) is 1. The van der Waals surface area contributed by atoms with Crippen molar-refractivity contribution in [2.75, 3.05) is 43.8 Å². The first kappa shape index (κ1) is 25.9. The lowest BCUT2D eigenvalue weighted by Gasteiger charge is -2.31. The van der Waals surface area contributed by atoms with Gasteiger partial charge in [-0.25, -0.2) is 9.97 Å². The molecule has 2 aliphatic rings. The molecule has 2 saturated heterocycles. The third kappa shape index (κ3) is 7.90. The highest BCUT2D eigenvalue weighted by Crippen LogP contribution is 2.25. The number of nitrogens with one attached hydrogen (secondary N) is 1. The molecule has 35 heavy (non-hydrogen) atoms. The van der Waals surface area contributed by atoms with Gasteiger partial charge in [-0.3, -0.25) is 8.99 Å². The molecule has 0 amide bonds. The summed E-state index contributed by atoms with van der Waals surface area (Å²) >= 11 is 1.99. The summed E-state index contributed by atoms with van der Waals surface area (Å²) in [5, 5.41) is 27.4. The highest BCUT2D eigenvalue weighted by molar-refractivity contribution is 7.97. The Morgan fingerprint density at radius 1 is 1.17 bits per heavy atom. The van der Waals surface area contributed by atoms with Gasteiger partial charge in [0.05, 0.1) is 35.8 Å². The van der Waals surface area contributed by atoms with Crippen LogP contribution in [0.4, 0.5) is 5.95 Å². The Kier molecular flexibility index (Phi) is 9.00. The van der Waals surface area contributed by atoms with Crippen LogP contribution in [0.5, 0.6) is 0 Å². The minimum atomic E-state index is -0.875. The van der Waals surface area contributed by atoms with Crippen LogP contribution in [0.1, 0.15) is 57.9 Å². The van der Waals surface area contributed by atoms with Gasteiger partial charge in [-0.1, -0.05) is 11.9 Å². The molecule has 9 nitrogen and oxygen atoms in total. The smallest absolute Gasteiger partial charge is 0.223 e. The zero-order valence-corrected chi connectivity index (χ0v) is 21.8. The Balaban J connectivity index is 1.24. The quantitative estimate of drug-likeness (QED) is 0.356. The average Bonchev–Trinajstić information content (AvgIpc) is 3.51. The maximum absolute atomic E-state index is 10.1. The van der Waals surface area contributed by atoms with Crippen molar-refractivity contribution < 1.29 is 5.11 Å². The van der Waals surface area contributed by atoms with Crippen LogP contribution in [0.2, 0.25) is 0 Å². The van der Waals surface area contributed by atoms with Crippen LogP contribution >= 0.6 is 11.9 Å². The third-order valence-corrected chi connectivity index (χ3v) is 7.69. The molecule has 0 bridgehead atoms. The highest BCUT2D eigenvalue weighted by Gasteiger charge is 2.21. The first-order chi connectivity index (χ1) is 16.9. The highest BCUT2D eigenvalue weighted by atomic mass is 32.2. The van der Waals surface area contributed by atoms with E-state index in [1.807, 2.05) is 18.1 Å². The van der Waals surface area contributed by atoms with Crippen LogP contribution in [0, 0.1) is 11.3 Å². The van der Waals surface area contributed by atoms with Gasteiger partial charge < -0.3 is 15.3 Å². The number of anilines is 1. The molecule has 0 spiro atoms. The SMILES string of the molecule is CC(C)(O)Cn1cc(-c2nc(NC3CCN(SCCCCN4CCCC4)CC3)ncc2C#N)cn1. The first-order valence-electron chi connectivity index (χ1n) is 12.8. The standard InChI is InChI=1S/C25H38N8OS/c1-25(2,34)19-32-18-21(17-28-32)23-20(15-26)16-27-24(30-23)29-22-7-12-33(13-8-22)35-14-6-5-11-31-9-3-4-10-31/h16-18,22,34H,3-14,19H2,1-2H3,(H,27,29,30). The Hall–Kier alpha value is -2.19. The maximum atomic E-state index is 10.1. The van der Waals surface area contributed by atoms with Gasteiger partial charge in [0.15, 0.2) is 0 Å². The van der Waals surface area contributed by atoms with Gasteiger partial charge >= 0.3 is 0 Å². The molecule has 0 aliphatic carbocycles. The number of piperidine rings is 1. The first-order valence-corrected chi connectivity index (χ1v) is 13.7. The molecule has 2 aromatic rings. The monoisotopic (exact) mass is 498 g/mol. The Labute approximate surface area is 213 Å². The summed E-state index contributed by atoms with van der Waals surface area (Å²) in [6.07, 6.45) is 12.5. The molecule has 2 N–H and O–H groups in total. The van der Waals surface area contributed by atoms with Crippen molar-refractivity contribution in [1.82, 2.24) is 29.0 Å². The molecular formula is C25H38N8OS. The summed E-state index contributed by atoms with van der Waals surface area (Å²) in [4.78, 5) is 11.6. The number of aromatic nitrogens is 4. The van der Waals surface area contributed by atoms with Crippen LogP contribution in [-0.4, -0.2) is 84.2 Å². The van der Waals surface area contributed by atoms with Gasteiger partial charge in [-0.05, 0) is 72.0 Å². The lowest BCUT2D eigenvalue weighted by molar-refractivity contribution is 0.0577. The fraction of sp³-hybridized carbons (Fsp3) is 0.680. The number of likely N-dealkylation sites (tertiary alicyclic amines) is 1. The topological polar surface area (TPSA) is 106 Å². The van der Waals surface area contributed by atoms with E-state index >= 15 is 0 Å². The van der Waals surface area contributed by atoms with E-state index in [1.165, 1.54) is 51.1 Å². The van der Waals surface area contributed by atoms with Crippen molar-refractivity contribution in [2.24, 2.45) is 0 Å². The molecule has 0 radical (unpaired) electrons. The second-order valence-electron chi connectivity index (χ2n) is 10.2. The van der Waals surface area contributed by atoms with Gasteiger partial charge in [-0.15, -0.1) is 0 Å². The molecular weight excluding hydrogens is 460 g/mol. The van der Waals surface area contributed by atoms with Gasteiger partial charge in [0.2, 0.25) is 5.95 Å². The summed E-state index contributed by atoms with van der Waals surface area (Å²) in [5.41, 5.74) is 0.843. The predicted octanol–water partition coefficient (Wildman–Crippen LogP) is 3.38. The summed E-state index contributed by atoms with van der Waals surface area (Å²) in [5.74, 6) is 1.75. The summed E-state index contributed by atoms with van der Waals surface area (Å²) in [7, 11) is 0. The molecule has 0 unspecified atom stereocenters. The van der Waals surface area contributed by atoms with Crippen LogP contribution < -0.4 is 5.32 Å². The molecule has 10 heteroatoms. The van der Waals surface area contributed by atoms with Crippen molar-refractivity contribution in [1.29, 1.82) is 5.26 Å². The van der Waals surface area contributed by atoms with Crippen molar-refractivity contribution in [3.63, 3.8) is 0 Å². The molecule has 4 rings (SSSR count). The number of hydrogen-bond acceptors (Lipinski definition) is 9. The molecule has 2 aromatic heterocycles. The van der Waals surface area contributed by atoms with E-state index < -0.39 is 5.60 Å². The van der Waals surface area contributed by atoms with Crippen molar-refractivity contribution in [3.8, 4) is 17.3 Å². The second-order valence-corrected chi connectivity index (χ2v) is 11.4. The van der Waals surface area contributed by atoms with Gasteiger partial charge in [0, 0.05) is 36.6 Å². The van der Waals surface area contributed by atoms with Crippen LogP contribution in [0.3, 0.4) is 0 Å². The van der Waals surface area contributed by atoms with E-state index in [9.17, 15) is 10.4 Å². The molecule has 2 aliphatic heterocycles. The van der Waals surface area contributed by atoms with E-state index in [2.05, 4.69) is 35.7 Å². The minimum absolute atomic E-state index is 0.320. The second kappa shape index (κ2) is 12.2. The fourth-order valence-corrected chi connectivity index (χ4v) is 5.73. The fourth-order valence-electron chi connectivity index (χ4n) is 4.67. The molecule has 0 aromatic carbocycles. The van der Waals surface area contributed by atoms with E-state index in [-0.39, 0.29) is 0 Å². The lowest BCUT2D eigenvalue weighted by atomic mass is 10.1. The minimum Gasteiger partial charge on any atom is -0.389 e. The summed E-state index contributed by atoms with van der Waals surface area (Å²) in [6.45, 7) is 9.80. The maximum Gasteiger partial charge on any atom is 0.223 e. The Morgan fingerprint density at radius 3 is 2.66 bits per heavy atom. The Morgan fingerprint density at radius 2 is 1.94 bits per heavy atom. The predicted molar refractivity (Wildman–Crippen MR) is 140 cm³/mol. The molecule has 0 atom stereocenters. The number of nitriles is 1. The number of aliphatic hydroxyl groups is 1. The molecule has 4 heterocycles. The largest absolute Gasteiger partial charge is 0.389 e. The number of nitrogens with zero attached hydrogens (tertiary/aromatic N) is 7. The van der Waals surface area contributed by atoms with Crippen molar-refractivity contribution >= 4 is 17.9 Å². The molecule has 0 saturated carbocycles. The third-order valence-electron chi connectivity index (χ3n) is 6.49. The summed E-state index contributed by atoms with van der Waals surface area (Å²) < 4.78 is 4.17. The number of hydrogen-bond donors (Lipinski definition) is 2. The average molecular weight is 499 g/mol. The zero-order chi connectivity index (χ0) is 24.7. The van der Waals surface area contributed by atoms with Crippen LogP contribution in [0.15, 0.2) is 18.6 Å². The Bertz CT molecular complexity index is 984. The van der Waals surface area contributed by atoms with E-state index in [4.69, 9.17) is 0 Å². The summed E-state index contributed by atoms with van der Waals surface area (Å²) in [6, 6.07) is 2.50. The van der Waals surface area contributed by atoms with E-state index in [0.29, 0.717) is 29.8 Å². The normalized spacial score (nSPS) is 18.1. The van der Waals surface area contributed by atoms with E-state index in [1.54, 1.807) is 30.9 Å². The van der Waals surface area contributed by atoms with Gasteiger partial charge in [-0.2, -0.15) is 10.4 Å². The zero-order valence-electron chi connectivity index (χ0n) is 21.0. The number of rotatable bonds is 11. The van der Waals surface area contributed by atoms with Crippen molar-refractivity contribution in [3.05, 3.63) is 24.2 Å². The van der Waals surface area contributed by atoms with Gasteiger partial charge in [0.1, 0.15) is 6.07 Å². The van der Waals surface area contributed by atoms with E-state index in [0.717, 1.165) is 31.5 Å². The van der Waals surface area contributed by atoms with Crippen LogP contribution in [-0.2, 0) is 6.54 Å². The van der Waals surface area contributed by atoms with Crippen molar-refractivity contribution in [2.45, 2.75) is 70.6 Å².